The third kappa shape index (κ3) is 3.07. The standard InChI is InChI=1S/C15H14N4O2S/c16-8-13-14(18-5-4-17-13)21-12-2-1-6-19(9-12)15(20)11-3-7-22-10-11/h3-5,7,10,12H,1-2,6,9H2/t12-/m0/s1. The fraction of sp³-hybridized carbons (Fsp3) is 0.333. The summed E-state index contributed by atoms with van der Waals surface area (Å²) >= 11 is 1.51. The van der Waals surface area contributed by atoms with Gasteiger partial charge in [0.1, 0.15) is 12.2 Å². The van der Waals surface area contributed by atoms with Gasteiger partial charge in [-0.05, 0) is 24.3 Å². The van der Waals surface area contributed by atoms with Crippen molar-refractivity contribution in [3.63, 3.8) is 0 Å². The number of carbonyl (C=O) groups excluding carboxylic acids is 1. The van der Waals surface area contributed by atoms with Crippen molar-refractivity contribution in [3.8, 4) is 11.9 Å². The molecule has 0 radical (unpaired) electrons. The first-order chi connectivity index (χ1) is 10.8. The minimum atomic E-state index is -0.167. The molecule has 0 aromatic carbocycles. The van der Waals surface area contributed by atoms with Gasteiger partial charge < -0.3 is 9.64 Å². The van der Waals surface area contributed by atoms with E-state index in [1.807, 2.05) is 22.9 Å². The molecule has 1 amide bonds. The van der Waals surface area contributed by atoms with E-state index in [2.05, 4.69) is 9.97 Å². The van der Waals surface area contributed by atoms with Crippen LogP contribution in [0.15, 0.2) is 29.2 Å². The predicted octanol–water partition coefficient (Wildman–Crippen LogP) is 2.09. The van der Waals surface area contributed by atoms with E-state index in [0.29, 0.717) is 12.1 Å². The van der Waals surface area contributed by atoms with E-state index in [-0.39, 0.29) is 23.6 Å². The third-order valence-corrected chi connectivity index (χ3v) is 4.17. The van der Waals surface area contributed by atoms with Crippen LogP contribution < -0.4 is 4.74 Å². The molecule has 1 saturated heterocycles. The Morgan fingerprint density at radius 1 is 1.45 bits per heavy atom. The molecule has 0 aliphatic carbocycles. The number of nitrogens with zero attached hydrogens (tertiary/aromatic N) is 4. The van der Waals surface area contributed by atoms with Gasteiger partial charge in [-0.15, -0.1) is 0 Å². The van der Waals surface area contributed by atoms with Crippen LogP contribution in [0, 0.1) is 11.3 Å². The number of rotatable bonds is 3. The molecule has 1 aliphatic heterocycles. The molecule has 3 rings (SSSR count). The van der Waals surface area contributed by atoms with E-state index in [1.54, 1.807) is 4.90 Å². The van der Waals surface area contributed by atoms with Gasteiger partial charge in [-0.1, -0.05) is 0 Å². The van der Waals surface area contributed by atoms with Crippen molar-refractivity contribution < 1.29 is 9.53 Å². The van der Waals surface area contributed by atoms with Crippen LogP contribution in [0.2, 0.25) is 0 Å². The second-order valence-electron chi connectivity index (χ2n) is 4.97. The fourth-order valence-corrected chi connectivity index (χ4v) is 3.06. The molecule has 1 aliphatic rings. The summed E-state index contributed by atoms with van der Waals surface area (Å²) in [5, 5.41) is 12.8. The van der Waals surface area contributed by atoms with Crippen LogP contribution in [0.1, 0.15) is 28.9 Å². The first-order valence-corrected chi connectivity index (χ1v) is 7.91. The van der Waals surface area contributed by atoms with E-state index in [0.717, 1.165) is 19.4 Å². The number of amides is 1. The highest BCUT2D eigenvalue weighted by molar-refractivity contribution is 7.08. The molecule has 3 heterocycles. The summed E-state index contributed by atoms with van der Waals surface area (Å²) in [6.07, 6.45) is 4.48. The van der Waals surface area contributed by atoms with Crippen molar-refractivity contribution >= 4 is 17.2 Å². The second-order valence-corrected chi connectivity index (χ2v) is 5.75. The molecule has 2 aromatic rings. The lowest BCUT2D eigenvalue weighted by Gasteiger charge is -2.32. The number of hydrogen-bond donors (Lipinski definition) is 0. The number of aromatic nitrogens is 2. The van der Waals surface area contributed by atoms with E-state index in [1.165, 1.54) is 23.7 Å². The molecule has 0 spiro atoms. The van der Waals surface area contributed by atoms with Gasteiger partial charge in [0.2, 0.25) is 5.69 Å². The van der Waals surface area contributed by atoms with Crippen molar-refractivity contribution in [2.75, 3.05) is 13.1 Å². The van der Waals surface area contributed by atoms with Gasteiger partial charge in [0.05, 0.1) is 12.1 Å². The lowest BCUT2D eigenvalue weighted by Crippen LogP contribution is -2.44. The molecule has 7 heteroatoms. The number of thiophene rings is 1. The minimum Gasteiger partial charge on any atom is -0.470 e. The average molecular weight is 314 g/mol. The number of hydrogen-bond acceptors (Lipinski definition) is 6. The third-order valence-electron chi connectivity index (χ3n) is 3.48. The summed E-state index contributed by atoms with van der Waals surface area (Å²) in [5.74, 6) is 0.258. The molecular weight excluding hydrogens is 300 g/mol. The Hall–Kier alpha value is -2.46. The molecule has 1 fully saturated rings. The van der Waals surface area contributed by atoms with Crippen LogP contribution in [-0.4, -0.2) is 40.0 Å². The molecule has 0 N–H and O–H groups in total. The number of ether oxygens (including phenoxy) is 1. The Morgan fingerprint density at radius 3 is 3.09 bits per heavy atom. The maximum Gasteiger partial charge on any atom is 0.254 e. The summed E-state index contributed by atoms with van der Waals surface area (Å²) in [4.78, 5) is 22.2. The van der Waals surface area contributed by atoms with E-state index >= 15 is 0 Å². The first kappa shape index (κ1) is 14.5. The summed E-state index contributed by atoms with van der Waals surface area (Å²) in [6.45, 7) is 1.22. The van der Waals surface area contributed by atoms with Gasteiger partial charge in [-0.2, -0.15) is 16.6 Å². The molecule has 0 saturated carbocycles. The molecule has 22 heavy (non-hydrogen) atoms. The van der Waals surface area contributed by atoms with Gasteiger partial charge in [0.25, 0.3) is 11.8 Å². The summed E-state index contributed by atoms with van der Waals surface area (Å²) in [5.41, 5.74) is 0.881. The number of likely N-dealkylation sites (tertiary alicyclic amines) is 1. The Kier molecular flexibility index (Phi) is 4.30. The molecule has 0 unspecified atom stereocenters. The number of carbonyl (C=O) groups is 1. The highest BCUT2D eigenvalue weighted by Crippen LogP contribution is 2.20. The minimum absolute atomic E-state index is 0.0224. The van der Waals surface area contributed by atoms with E-state index < -0.39 is 0 Å². The lowest BCUT2D eigenvalue weighted by atomic mass is 10.1. The van der Waals surface area contributed by atoms with Crippen molar-refractivity contribution in [1.29, 1.82) is 5.26 Å². The maximum absolute atomic E-state index is 12.4. The molecule has 112 valence electrons. The first-order valence-electron chi connectivity index (χ1n) is 6.97. The van der Waals surface area contributed by atoms with Crippen LogP contribution in [0.3, 0.4) is 0 Å². The van der Waals surface area contributed by atoms with Crippen molar-refractivity contribution in [1.82, 2.24) is 14.9 Å². The topological polar surface area (TPSA) is 79.1 Å². The highest BCUT2D eigenvalue weighted by Gasteiger charge is 2.26. The van der Waals surface area contributed by atoms with Crippen molar-refractivity contribution in [2.24, 2.45) is 0 Å². The van der Waals surface area contributed by atoms with Crippen molar-refractivity contribution in [3.05, 3.63) is 40.5 Å². The van der Waals surface area contributed by atoms with Crippen molar-refractivity contribution in [2.45, 2.75) is 18.9 Å². The van der Waals surface area contributed by atoms with E-state index in [4.69, 9.17) is 10.00 Å². The summed E-state index contributed by atoms with van der Waals surface area (Å²) in [7, 11) is 0. The Morgan fingerprint density at radius 2 is 2.32 bits per heavy atom. The largest absolute Gasteiger partial charge is 0.470 e. The SMILES string of the molecule is N#Cc1nccnc1O[C@H]1CCCN(C(=O)c2ccsc2)C1. The van der Waals surface area contributed by atoms with Gasteiger partial charge in [0, 0.05) is 24.3 Å². The quantitative estimate of drug-likeness (QED) is 0.866. The van der Waals surface area contributed by atoms with Gasteiger partial charge >= 0.3 is 0 Å². The Balaban J connectivity index is 1.68. The molecule has 1 atom stereocenters. The van der Waals surface area contributed by atoms with Crippen LogP contribution in [0.25, 0.3) is 0 Å². The predicted molar refractivity (Wildman–Crippen MR) is 80.6 cm³/mol. The lowest BCUT2D eigenvalue weighted by molar-refractivity contribution is 0.0526. The smallest absolute Gasteiger partial charge is 0.254 e. The van der Waals surface area contributed by atoms with Crippen LogP contribution in [-0.2, 0) is 0 Å². The maximum atomic E-state index is 12.4. The number of piperidine rings is 1. The van der Waals surface area contributed by atoms with Crippen LogP contribution in [0.4, 0.5) is 0 Å². The van der Waals surface area contributed by atoms with Gasteiger partial charge in [-0.25, -0.2) is 9.97 Å². The Bertz CT molecular complexity index is 696. The zero-order valence-corrected chi connectivity index (χ0v) is 12.6. The zero-order valence-electron chi connectivity index (χ0n) is 11.8. The molecule has 2 aromatic heterocycles. The molecule has 0 bridgehead atoms. The van der Waals surface area contributed by atoms with Crippen LogP contribution in [0.5, 0.6) is 5.88 Å². The number of nitriles is 1. The van der Waals surface area contributed by atoms with Gasteiger partial charge in [0.15, 0.2) is 0 Å². The van der Waals surface area contributed by atoms with Crippen LogP contribution >= 0.6 is 11.3 Å². The van der Waals surface area contributed by atoms with Gasteiger partial charge in [-0.3, -0.25) is 4.79 Å². The normalized spacial score (nSPS) is 17.8. The zero-order chi connectivity index (χ0) is 15.4. The highest BCUT2D eigenvalue weighted by atomic mass is 32.1. The average Bonchev–Trinajstić information content (AvgIpc) is 3.09. The monoisotopic (exact) mass is 314 g/mol. The molecule has 6 nitrogen and oxygen atoms in total. The fourth-order valence-electron chi connectivity index (χ4n) is 2.43. The molecular formula is C15H14N4O2S. The van der Waals surface area contributed by atoms with E-state index in [9.17, 15) is 4.79 Å². The summed E-state index contributed by atoms with van der Waals surface area (Å²) in [6, 6.07) is 3.79. The second kappa shape index (κ2) is 6.54. The summed E-state index contributed by atoms with van der Waals surface area (Å²) < 4.78 is 5.79. The Labute approximate surface area is 132 Å².